The summed E-state index contributed by atoms with van der Waals surface area (Å²) in [5.41, 5.74) is -0.578. The third-order valence-corrected chi connectivity index (χ3v) is 3.56. The van der Waals surface area contributed by atoms with E-state index in [1.807, 2.05) is 26.8 Å². The van der Waals surface area contributed by atoms with Crippen molar-refractivity contribution >= 4 is 12.1 Å². The maximum atomic E-state index is 12.1. The molecular formula is C20H35NO4. The molecule has 0 aliphatic heterocycles. The van der Waals surface area contributed by atoms with Gasteiger partial charge in [0.2, 0.25) is 0 Å². The quantitative estimate of drug-likeness (QED) is 0.307. The Morgan fingerprint density at radius 3 is 2.20 bits per heavy atom. The van der Waals surface area contributed by atoms with Gasteiger partial charge in [0.15, 0.2) is 0 Å². The van der Waals surface area contributed by atoms with Crippen molar-refractivity contribution in [3.63, 3.8) is 0 Å². The fourth-order valence-corrected chi connectivity index (χ4v) is 2.45. The van der Waals surface area contributed by atoms with E-state index in [0.29, 0.717) is 6.42 Å². The fraction of sp³-hybridized carbons (Fsp3) is 0.700. The Kier molecular flexibility index (Phi) is 11.7. The molecule has 0 aliphatic carbocycles. The standard InChI is InChI=1S/C20H35NO4/c1-7-9-10-11-12-13-14-15-17(18(8-2)24-16(3)22)21-19(23)25-20(4,5)6/h7-8,17-18H,1-2,9-15H2,3-6H3,(H,21,23)/t17-,18+/m1/s1. The number of rotatable bonds is 12. The average molecular weight is 354 g/mol. The molecule has 0 spiro atoms. The summed E-state index contributed by atoms with van der Waals surface area (Å²) >= 11 is 0. The first-order valence-corrected chi connectivity index (χ1v) is 9.09. The molecule has 0 aromatic carbocycles. The first kappa shape index (κ1) is 23.2. The number of carbonyl (C=O) groups excluding carboxylic acids is 2. The normalized spacial score (nSPS) is 13.4. The Hall–Kier alpha value is -1.78. The number of ether oxygens (including phenoxy) is 2. The van der Waals surface area contributed by atoms with E-state index < -0.39 is 23.8 Å². The van der Waals surface area contributed by atoms with Crippen LogP contribution in [0.25, 0.3) is 0 Å². The second kappa shape index (κ2) is 12.6. The van der Waals surface area contributed by atoms with Crippen molar-refractivity contribution in [1.82, 2.24) is 5.32 Å². The molecule has 25 heavy (non-hydrogen) atoms. The van der Waals surface area contributed by atoms with E-state index in [-0.39, 0.29) is 6.04 Å². The third kappa shape index (κ3) is 13.2. The van der Waals surface area contributed by atoms with E-state index in [9.17, 15) is 9.59 Å². The van der Waals surface area contributed by atoms with E-state index in [1.54, 1.807) is 6.08 Å². The molecule has 0 fully saturated rings. The molecule has 0 unspecified atom stereocenters. The number of nitrogens with one attached hydrogen (secondary N) is 1. The minimum atomic E-state index is -0.578. The van der Waals surface area contributed by atoms with Gasteiger partial charge in [0, 0.05) is 6.92 Å². The van der Waals surface area contributed by atoms with Gasteiger partial charge in [-0.05, 0) is 46.1 Å². The van der Waals surface area contributed by atoms with Gasteiger partial charge in [-0.25, -0.2) is 4.79 Å². The van der Waals surface area contributed by atoms with Crippen LogP contribution >= 0.6 is 0 Å². The summed E-state index contributed by atoms with van der Waals surface area (Å²) in [7, 11) is 0. The van der Waals surface area contributed by atoms with Crippen LogP contribution in [-0.2, 0) is 14.3 Å². The average Bonchev–Trinajstić information content (AvgIpc) is 2.48. The van der Waals surface area contributed by atoms with E-state index in [1.165, 1.54) is 13.3 Å². The molecule has 0 aromatic rings. The summed E-state index contributed by atoms with van der Waals surface area (Å²) in [5.74, 6) is -0.398. The molecular weight excluding hydrogens is 318 g/mol. The first-order valence-electron chi connectivity index (χ1n) is 9.09. The number of allylic oxidation sites excluding steroid dienone is 1. The Morgan fingerprint density at radius 1 is 1.08 bits per heavy atom. The minimum absolute atomic E-state index is 0.343. The molecule has 0 rings (SSSR count). The van der Waals surface area contributed by atoms with Crippen LogP contribution in [0.3, 0.4) is 0 Å². The highest BCUT2D eigenvalue weighted by atomic mass is 16.6. The molecule has 1 N–H and O–H groups in total. The van der Waals surface area contributed by atoms with Crippen molar-refractivity contribution in [2.24, 2.45) is 0 Å². The summed E-state index contributed by atoms with van der Waals surface area (Å²) in [6.07, 6.45) is 9.62. The molecule has 1 amide bonds. The molecule has 0 aliphatic rings. The second-order valence-corrected chi connectivity index (χ2v) is 7.20. The maximum Gasteiger partial charge on any atom is 0.408 e. The van der Waals surface area contributed by atoms with E-state index >= 15 is 0 Å². The predicted octanol–water partition coefficient (Wildman–Crippen LogP) is 4.91. The van der Waals surface area contributed by atoms with Crippen LogP contribution in [0, 0.1) is 0 Å². The Labute approximate surface area is 152 Å². The SMILES string of the molecule is C=CCCCCCCC[C@@H](NC(=O)OC(C)(C)C)[C@H](C=C)OC(C)=O. The van der Waals surface area contributed by atoms with Gasteiger partial charge in [-0.2, -0.15) is 0 Å². The number of hydrogen-bond donors (Lipinski definition) is 1. The number of carbonyl (C=O) groups is 2. The highest BCUT2D eigenvalue weighted by Crippen LogP contribution is 2.15. The van der Waals surface area contributed by atoms with Crippen LogP contribution in [0.2, 0.25) is 0 Å². The smallest absolute Gasteiger partial charge is 0.408 e. The molecule has 2 atom stereocenters. The van der Waals surface area contributed by atoms with Gasteiger partial charge in [-0.15, -0.1) is 6.58 Å². The Bertz CT molecular complexity index is 426. The summed E-state index contributed by atoms with van der Waals surface area (Å²) in [6, 6.07) is -0.343. The van der Waals surface area contributed by atoms with E-state index in [0.717, 1.165) is 32.1 Å². The van der Waals surface area contributed by atoms with E-state index in [4.69, 9.17) is 9.47 Å². The Morgan fingerprint density at radius 2 is 1.68 bits per heavy atom. The van der Waals surface area contributed by atoms with Gasteiger partial charge in [0.05, 0.1) is 6.04 Å². The summed E-state index contributed by atoms with van der Waals surface area (Å²) in [5, 5.41) is 2.82. The lowest BCUT2D eigenvalue weighted by molar-refractivity contribution is -0.145. The van der Waals surface area contributed by atoms with Gasteiger partial charge in [-0.3, -0.25) is 4.79 Å². The van der Waals surface area contributed by atoms with Crippen LogP contribution in [0.4, 0.5) is 4.79 Å². The fourth-order valence-electron chi connectivity index (χ4n) is 2.45. The number of amides is 1. The minimum Gasteiger partial charge on any atom is -0.456 e. The lowest BCUT2D eigenvalue weighted by atomic mass is 10.0. The highest BCUT2D eigenvalue weighted by molar-refractivity contribution is 5.69. The molecule has 0 saturated heterocycles. The lowest BCUT2D eigenvalue weighted by Crippen LogP contribution is -2.46. The van der Waals surface area contributed by atoms with Crippen LogP contribution in [0.5, 0.6) is 0 Å². The van der Waals surface area contributed by atoms with Crippen molar-refractivity contribution < 1.29 is 19.1 Å². The van der Waals surface area contributed by atoms with Crippen LogP contribution in [-0.4, -0.2) is 29.8 Å². The van der Waals surface area contributed by atoms with E-state index in [2.05, 4.69) is 18.5 Å². The van der Waals surface area contributed by atoms with Gasteiger partial charge in [0.25, 0.3) is 0 Å². The van der Waals surface area contributed by atoms with Crippen LogP contribution in [0.15, 0.2) is 25.3 Å². The Balaban J connectivity index is 4.56. The number of hydrogen-bond acceptors (Lipinski definition) is 4. The summed E-state index contributed by atoms with van der Waals surface area (Å²) in [4.78, 5) is 23.4. The molecule has 0 heterocycles. The molecule has 5 heteroatoms. The topological polar surface area (TPSA) is 64.6 Å². The van der Waals surface area contributed by atoms with Gasteiger partial charge in [0.1, 0.15) is 11.7 Å². The molecule has 5 nitrogen and oxygen atoms in total. The van der Waals surface area contributed by atoms with Gasteiger partial charge < -0.3 is 14.8 Å². The molecule has 144 valence electrons. The number of esters is 1. The van der Waals surface area contributed by atoms with Crippen molar-refractivity contribution in [1.29, 1.82) is 0 Å². The summed E-state index contributed by atoms with van der Waals surface area (Å²) in [6.45, 7) is 14.2. The zero-order chi connectivity index (χ0) is 19.3. The highest BCUT2D eigenvalue weighted by Gasteiger charge is 2.25. The molecule has 0 aromatic heterocycles. The predicted molar refractivity (Wildman–Crippen MR) is 101 cm³/mol. The van der Waals surface area contributed by atoms with Crippen molar-refractivity contribution in [2.45, 2.75) is 90.4 Å². The third-order valence-electron chi connectivity index (χ3n) is 3.56. The van der Waals surface area contributed by atoms with Crippen LogP contribution in [0.1, 0.15) is 72.6 Å². The number of alkyl carbamates (subject to hydrolysis) is 1. The number of unbranched alkanes of at least 4 members (excludes halogenated alkanes) is 5. The van der Waals surface area contributed by atoms with Gasteiger partial charge >= 0.3 is 12.1 Å². The van der Waals surface area contributed by atoms with Crippen molar-refractivity contribution in [2.75, 3.05) is 0 Å². The van der Waals surface area contributed by atoms with Crippen molar-refractivity contribution in [3.8, 4) is 0 Å². The summed E-state index contributed by atoms with van der Waals surface area (Å²) < 4.78 is 10.6. The maximum absolute atomic E-state index is 12.1. The zero-order valence-electron chi connectivity index (χ0n) is 16.3. The molecule has 0 radical (unpaired) electrons. The monoisotopic (exact) mass is 353 g/mol. The first-order chi connectivity index (χ1) is 11.7. The second-order valence-electron chi connectivity index (χ2n) is 7.20. The molecule has 0 bridgehead atoms. The van der Waals surface area contributed by atoms with Crippen molar-refractivity contribution in [3.05, 3.63) is 25.3 Å². The van der Waals surface area contributed by atoms with Gasteiger partial charge in [-0.1, -0.05) is 38.3 Å². The zero-order valence-corrected chi connectivity index (χ0v) is 16.3. The van der Waals surface area contributed by atoms with Crippen LogP contribution < -0.4 is 5.32 Å². The lowest BCUT2D eigenvalue weighted by Gasteiger charge is -2.27. The largest absolute Gasteiger partial charge is 0.456 e. The molecule has 0 saturated carbocycles.